The molecule has 16 heavy (non-hydrogen) atoms. The molecule has 5 nitrogen and oxygen atoms in total. The van der Waals surface area contributed by atoms with Crippen molar-refractivity contribution in [3.63, 3.8) is 0 Å². The van der Waals surface area contributed by atoms with Crippen LogP contribution in [0.3, 0.4) is 0 Å². The smallest absolute Gasteiger partial charge is 0.221 e. The summed E-state index contributed by atoms with van der Waals surface area (Å²) < 4.78 is 11.1. The minimum Gasteiger partial charge on any atom is -0.377 e. The third-order valence-electron chi connectivity index (χ3n) is 2.93. The number of rotatable bonds is 0. The number of hydrogen-bond donors (Lipinski definition) is 0. The zero-order valence-corrected chi connectivity index (χ0v) is 9.99. The molecule has 0 spiro atoms. The van der Waals surface area contributed by atoms with E-state index >= 15 is 0 Å². The Morgan fingerprint density at radius 2 is 2.25 bits per heavy atom. The van der Waals surface area contributed by atoms with Crippen molar-refractivity contribution in [2.45, 2.75) is 17.6 Å². The number of ether oxygens (including phenoxy) is 2. The van der Waals surface area contributed by atoms with E-state index in [0.717, 1.165) is 12.4 Å². The van der Waals surface area contributed by atoms with Crippen LogP contribution in [-0.2, 0) is 9.47 Å². The highest BCUT2D eigenvalue weighted by molar-refractivity contribution is 6.66. The van der Waals surface area contributed by atoms with E-state index in [9.17, 15) is 0 Å². The first-order valence-corrected chi connectivity index (χ1v) is 5.99. The Balaban J connectivity index is 1.91. The molecule has 0 N–H and O–H groups in total. The molecular formula is C9H11Cl2N3O2. The van der Waals surface area contributed by atoms with Crippen LogP contribution < -0.4 is 0 Å². The fraction of sp³-hybridized carbons (Fsp3) is 0.778. The molecule has 3 aliphatic heterocycles. The molecule has 0 bridgehead atoms. The molecule has 7 heteroatoms. The highest BCUT2D eigenvalue weighted by Gasteiger charge is 2.41. The highest BCUT2D eigenvalue weighted by Crippen LogP contribution is 2.26. The topological polar surface area (TPSA) is 46.4 Å². The average molecular weight is 264 g/mol. The van der Waals surface area contributed by atoms with Crippen LogP contribution in [0.1, 0.15) is 0 Å². The van der Waals surface area contributed by atoms with Crippen molar-refractivity contribution in [1.82, 2.24) is 4.90 Å². The first kappa shape index (κ1) is 10.8. The summed E-state index contributed by atoms with van der Waals surface area (Å²) in [6.07, 6.45) is -0.279. The third-order valence-corrected chi connectivity index (χ3v) is 3.44. The maximum Gasteiger partial charge on any atom is 0.221 e. The number of halogens is 2. The monoisotopic (exact) mass is 263 g/mol. The van der Waals surface area contributed by atoms with Gasteiger partial charge in [0.2, 0.25) is 5.29 Å². The van der Waals surface area contributed by atoms with Crippen LogP contribution in [0.25, 0.3) is 0 Å². The molecule has 2 saturated heterocycles. The molecule has 0 amide bonds. The molecule has 0 radical (unpaired) electrons. The molecule has 3 unspecified atom stereocenters. The second kappa shape index (κ2) is 4.14. The zero-order chi connectivity index (χ0) is 11.1. The van der Waals surface area contributed by atoms with Crippen LogP contribution in [0.4, 0.5) is 0 Å². The summed E-state index contributed by atoms with van der Waals surface area (Å²) in [5, 5.41) is 0.196. The minimum atomic E-state index is -0.483. The van der Waals surface area contributed by atoms with E-state index in [-0.39, 0.29) is 17.4 Å². The van der Waals surface area contributed by atoms with Crippen LogP contribution in [-0.4, -0.2) is 60.0 Å². The Kier molecular flexibility index (Phi) is 2.79. The molecule has 3 heterocycles. The van der Waals surface area contributed by atoms with Gasteiger partial charge in [0.1, 0.15) is 5.84 Å². The van der Waals surface area contributed by atoms with Gasteiger partial charge in [-0.05, 0) is 11.6 Å². The van der Waals surface area contributed by atoms with Gasteiger partial charge in [0, 0.05) is 6.54 Å². The van der Waals surface area contributed by atoms with Gasteiger partial charge in [-0.3, -0.25) is 0 Å². The largest absolute Gasteiger partial charge is 0.377 e. The van der Waals surface area contributed by atoms with Gasteiger partial charge >= 0.3 is 0 Å². The molecule has 0 saturated carbocycles. The number of hydrogen-bond acceptors (Lipinski definition) is 5. The van der Waals surface area contributed by atoms with E-state index in [0.29, 0.717) is 19.8 Å². The number of amidine groups is 2. The maximum absolute atomic E-state index is 6.08. The van der Waals surface area contributed by atoms with E-state index in [4.69, 9.17) is 32.7 Å². The fourth-order valence-corrected chi connectivity index (χ4v) is 2.69. The molecule has 3 atom stereocenters. The Hall–Kier alpha value is -0.360. The van der Waals surface area contributed by atoms with Crippen molar-refractivity contribution in [3.8, 4) is 0 Å². The van der Waals surface area contributed by atoms with Gasteiger partial charge in [-0.25, -0.2) is 9.98 Å². The molecule has 3 aliphatic rings. The summed E-state index contributed by atoms with van der Waals surface area (Å²) in [5.74, 6) is 0.791. The zero-order valence-electron chi connectivity index (χ0n) is 8.47. The van der Waals surface area contributed by atoms with Gasteiger partial charge in [-0.1, -0.05) is 11.6 Å². The predicted molar refractivity (Wildman–Crippen MR) is 61.4 cm³/mol. The molecule has 0 aliphatic carbocycles. The van der Waals surface area contributed by atoms with Crippen molar-refractivity contribution in [2.75, 3.05) is 26.4 Å². The number of alkyl halides is 1. The predicted octanol–water partition coefficient (Wildman–Crippen LogP) is 0.658. The van der Waals surface area contributed by atoms with Crippen molar-refractivity contribution in [2.24, 2.45) is 9.98 Å². The Morgan fingerprint density at radius 1 is 1.38 bits per heavy atom. The van der Waals surface area contributed by atoms with Crippen LogP contribution in [0.5, 0.6) is 0 Å². The lowest BCUT2D eigenvalue weighted by Gasteiger charge is -2.45. The second-order valence-corrected chi connectivity index (χ2v) is 4.70. The lowest BCUT2D eigenvalue weighted by atomic mass is 10.1. The van der Waals surface area contributed by atoms with Crippen LogP contribution in [0.2, 0.25) is 0 Å². The molecule has 3 rings (SSSR count). The fourth-order valence-electron chi connectivity index (χ4n) is 2.17. The van der Waals surface area contributed by atoms with Crippen LogP contribution >= 0.6 is 23.2 Å². The summed E-state index contributed by atoms with van der Waals surface area (Å²) in [4.78, 5) is 10.4. The lowest BCUT2D eigenvalue weighted by Crippen LogP contribution is -2.61. The van der Waals surface area contributed by atoms with Crippen molar-refractivity contribution >= 4 is 34.3 Å². The summed E-state index contributed by atoms with van der Waals surface area (Å²) in [6, 6.07) is 0.218. The molecule has 2 fully saturated rings. The summed E-state index contributed by atoms with van der Waals surface area (Å²) >= 11 is 11.9. The molecule has 88 valence electrons. The maximum atomic E-state index is 6.08. The lowest BCUT2D eigenvalue weighted by molar-refractivity contribution is -0.0541. The number of fused-ring (bicyclic) bond motifs is 3. The van der Waals surface area contributed by atoms with Gasteiger partial charge < -0.3 is 14.4 Å². The Bertz CT molecular complexity index is 361. The highest BCUT2D eigenvalue weighted by atomic mass is 35.5. The van der Waals surface area contributed by atoms with Crippen LogP contribution in [0, 0.1) is 0 Å². The van der Waals surface area contributed by atoms with Gasteiger partial charge in [-0.15, -0.1) is 0 Å². The van der Waals surface area contributed by atoms with Crippen molar-refractivity contribution in [3.05, 3.63) is 0 Å². The Morgan fingerprint density at radius 3 is 3.12 bits per heavy atom. The van der Waals surface area contributed by atoms with E-state index in [1.165, 1.54) is 0 Å². The average Bonchev–Trinajstić information content (AvgIpc) is 2.28. The number of morpholine rings is 2. The third kappa shape index (κ3) is 1.72. The van der Waals surface area contributed by atoms with Gasteiger partial charge in [0.05, 0.1) is 25.9 Å². The van der Waals surface area contributed by atoms with E-state index in [2.05, 4.69) is 14.9 Å². The van der Waals surface area contributed by atoms with Crippen molar-refractivity contribution < 1.29 is 9.47 Å². The summed E-state index contributed by atoms with van der Waals surface area (Å²) in [5.41, 5.74) is -0.483. The second-order valence-electron chi connectivity index (χ2n) is 3.92. The molecule has 0 aromatic heterocycles. The Labute approximate surface area is 103 Å². The van der Waals surface area contributed by atoms with Crippen LogP contribution in [0.15, 0.2) is 9.98 Å². The minimum absolute atomic E-state index is 0.196. The van der Waals surface area contributed by atoms with Gasteiger partial charge in [0.15, 0.2) is 11.6 Å². The van der Waals surface area contributed by atoms with E-state index < -0.39 is 5.50 Å². The first-order chi connectivity index (χ1) is 7.75. The normalized spacial score (nSPS) is 38.4. The first-order valence-electron chi connectivity index (χ1n) is 5.17. The number of aliphatic imine (C=N–C) groups is 2. The van der Waals surface area contributed by atoms with Gasteiger partial charge in [0.25, 0.3) is 0 Å². The van der Waals surface area contributed by atoms with E-state index in [1.807, 2.05) is 0 Å². The van der Waals surface area contributed by atoms with Crippen molar-refractivity contribution in [1.29, 1.82) is 0 Å². The van der Waals surface area contributed by atoms with E-state index in [1.54, 1.807) is 0 Å². The van der Waals surface area contributed by atoms with Gasteiger partial charge in [-0.2, -0.15) is 0 Å². The molecule has 0 aromatic rings. The molecule has 0 aromatic carbocycles. The molecular weight excluding hydrogens is 253 g/mol. The SMILES string of the molecule is ClC1=NC(Cl)C2OCC3COCCN3C2=N1. The number of nitrogens with zero attached hydrogens (tertiary/aromatic N) is 3. The summed E-state index contributed by atoms with van der Waals surface area (Å²) in [7, 11) is 0. The standard InChI is InChI=1S/C9H11Cl2N3O2/c10-7-6-8(13-9(11)12-7)14-1-2-15-3-5(14)4-16-6/h5-7H,1-4H2. The quantitative estimate of drug-likeness (QED) is 0.477. The summed E-state index contributed by atoms with van der Waals surface area (Å²) in [6.45, 7) is 2.76.